The monoisotopic (exact) mass is 188 g/mol. The molecule has 0 aromatic heterocycles. The van der Waals surface area contributed by atoms with Crippen molar-refractivity contribution >= 4 is 0 Å². The normalized spacial score (nSPS) is 21.2. The van der Waals surface area contributed by atoms with Crippen molar-refractivity contribution in [3.05, 3.63) is 11.7 Å². The van der Waals surface area contributed by atoms with Crippen LogP contribution in [0.3, 0.4) is 0 Å². The fourth-order valence-electron chi connectivity index (χ4n) is 0.563. The predicted molar refractivity (Wildman–Crippen MR) is 35.3 cm³/mol. The Morgan fingerprint density at radius 1 is 1.08 bits per heavy atom. The highest BCUT2D eigenvalue weighted by atomic mass is 19.2. The van der Waals surface area contributed by atoms with Gasteiger partial charge in [-0.25, -0.2) is 22.0 Å². The SMILES string of the molecule is C/C(F)=C(/F)C(F)C(F)C(C)F. The third-order valence-electron chi connectivity index (χ3n) is 1.29. The van der Waals surface area contributed by atoms with E-state index < -0.39 is 30.2 Å². The third-order valence-corrected chi connectivity index (χ3v) is 1.29. The van der Waals surface area contributed by atoms with Gasteiger partial charge in [0.05, 0.1) is 0 Å². The highest BCUT2D eigenvalue weighted by Gasteiger charge is 2.31. The first kappa shape index (κ1) is 11.4. The molecule has 0 nitrogen and oxygen atoms in total. The minimum atomic E-state index is -2.85. The lowest BCUT2D eigenvalue weighted by Crippen LogP contribution is -2.26. The number of rotatable bonds is 3. The van der Waals surface area contributed by atoms with Crippen molar-refractivity contribution in [2.24, 2.45) is 0 Å². The quantitative estimate of drug-likeness (QED) is 0.596. The molecular formula is C7H9F5. The van der Waals surface area contributed by atoms with E-state index in [0.29, 0.717) is 6.92 Å². The van der Waals surface area contributed by atoms with E-state index in [0.717, 1.165) is 6.92 Å². The van der Waals surface area contributed by atoms with Gasteiger partial charge < -0.3 is 0 Å². The third kappa shape index (κ3) is 2.79. The molecule has 0 spiro atoms. The van der Waals surface area contributed by atoms with Crippen molar-refractivity contribution in [2.45, 2.75) is 32.4 Å². The van der Waals surface area contributed by atoms with Crippen LogP contribution >= 0.6 is 0 Å². The highest BCUT2D eigenvalue weighted by Crippen LogP contribution is 2.22. The summed E-state index contributed by atoms with van der Waals surface area (Å²) in [5.41, 5.74) is 0. The van der Waals surface area contributed by atoms with Gasteiger partial charge in [-0.1, -0.05) is 0 Å². The van der Waals surface area contributed by atoms with E-state index in [1.807, 2.05) is 0 Å². The molecule has 0 amide bonds. The van der Waals surface area contributed by atoms with Crippen LogP contribution < -0.4 is 0 Å². The number of hydrogen-bond donors (Lipinski definition) is 0. The van der Waals surface area contributed by atoms with Gasteiger partial charge in [0.1, 0.15) is 12.0 Å². The Balaban J connectivity index is 4.40. The first-order valence-corrected chi connectivity index (χ1v) is 3.32. The van der Waals surface area contributed by atoms with E-state index in [-0.39, 0.29) is 0 Å². The Hall–Kier alpha value is -0.610. The van der Waals surface area contributed by atoms with Gasteiger partial charge in [-0.05, 0) is 13.8 Å². The molecule has 0 bridgehead atoms. The summed E-state index contributed by atoms with van der Waals surface area (Å²) in [7, 11) is 0. The van der Waals surface area contributed by atoms with Crippen molar-refractivity contribution in [1.82, 2.24) is 0 Å². The molecular weight excluding hydrogens is 179 g/mol. The fraction of sp³-hybridized carbons (Fsp3) is 0.714. The summed E-state index contributed by atoms with van der Waals surface area (Å²) in [4.78, 5) is 0. The van der Waals surface area contributed by atoms with Crippen molar-refractivity contribution in [3.63, 3.8) is 0 Å². The zero-order chi connectivity index (χ0) is 9.89. The molecule has 0 N–H and O–H groups in total. The van der Waals surface area contributed by atoms with Crippen molar-refractivity contribution in [2.75, 3.05) is 0 Å². The summed E-state index contributed by atoms with van der Waals surface area (Å²) in [5, 5.41) is 0. The molecule has 0 aliphatic rings. The molecule has 0 saturated heterocycles. The Bertz CT molecular complexity index is 171. The van der Waals surface area contributed by atoms with Crippen LogP contribution in [0.2, 0.25) is 0 Å². The topological polar surface area (TPSA) is 0 Å². The lowest BCUT2D eigenvalue weighted by molar-refractivity contribution is 0.0956. The van der Waals surface area contributed by atoms with Crippen LogP contribution in [0.4, 0.5) is 22.0 Å². The maximum atomic E-state index is 12.4. The largest absolute Gasteiger partial charge is 0.244 e. The summed E-state index contributed by atoms with van der Waals surface area (Å²) in [5.74, 6) is -3.35. The van der Waals surface area contributed by atoms with Crippen molar-refractivity contribution in [3.8, 4) is 0 Å². The van der Waals surface area contributed by atoms with E-state index in [1.54, 1.807) is 0 Å². The van der Waals surface area contributed by atoms with Gasteiger partial charge in [0, 0.05) is 0 Å². The molecule has 0 rings (SSSR count). The van der Waals surface area contributed by atoms with Gasteiger partial charge in [0.15, 0.2) is 18.2 Å². The minimum Gasteiger partial charge on any atom is -0.244 e. The first-order valence-electron chi connectivity index (χ1n) is 3.32. The van der Waals surface area contributed by atoms with Crippen molar-refractivity contribution in [1.29, 1.82) is 0 Å². The fourth-order valence-corrected chi connectivity index (χ4v) is 0.563. The number of halogens is 5. The number of hydrogen-bond acceptors (Lipinski definition) is 0. The lowest BCUT2D eigenvalue weighted by Gasteiger charge is -2.12. The molecule has 0 aromatic rings. The minimum absolute atomic E-state index is 0.636. The Morgan fingerprint density at radius 3 is 1.75 bits per heavy atom. The van der Waals surface area contributed by atoms with Gasteiger partial charge in [0.25, 0.3) is 0 Å². The second-order valence-electron chi connectivity index (χ2n) is 2.41. The van der Waals surface area contributed by atoms with Crippen LogP contribution in [0, 0.1) is 0 Å². The smallest absolute Gasteiger partial charge is 0.188 e. The lowest BCUT2D eigenvalue weighted by atomic mass is 10.1. The van der Waals surface area contributed by atoms with Crippen LogP contribution in [-0.4, -0.2) is 18.5 Å². The molecule has 3 unspecified atom stereocenters. The molecule has 0 aliphatic carbocycles. The van der Waals surface area contributed by atoms with Gasteiger partial charge in [-0.15, -0.1) is 0 Å². The zero-order valence-electron chi connectivity index (χ0n) is 6.62. The van der Waals surface area contributed by atoms with E-state index in [9.17, 15) is 22.0 Å². The Labute approximate surface area is 67.1 Å². The van der Waals surface area contributed by atoms with Crippen LogP contribution in [-0.2, 0) is 0 Å². The van der Waals surface area contributed by atoms with E-state index >= 15 is 0 Å². The van der Waals surface area contributed by atoms with E-state index in [4.69, 9.17) is 0 Å². The summed E-state index contributed by atoms with van der Waals surface area (Å²) in [6, 6.07) is 0. The Kier molecular flexibility index (Phi) is 4.20. The Morgan fingerprint density at radius 2 is 1.50 bits per heavy atom. The van der Waals surface area contributed by atoms with Crippen molar-refractivity contribution < 1.29 is 22.0 Å². The number of allylic oxidation sites excluding steroid dienone is 2. The summed E-state index contributed by atoms with van der Waals surface area (Å²) < 4.78 is 61.0. The van der Waals surface area contributed by atoms with Gasteiger partial charge in [0.2, 0.25) is 0 Å². The second-order valence-corrected chi connectivity index (χ2v) is 2.41. The molecule has 0 saturated carbocycles. The molecule has 72 valence electrons. The van der Waals surface area contributed by atoms with Crippen LogP contribution in [0.5, 0.6) is 0 Å². The van der Waals surface area contributed by atoms with Gasteiger partial charge in [-0.3, -0.25) is 0 Å². The zero-order valence-corrected chi connectivity index (χ0v) is 6.62. The first-order chi connectivity index (χ1) is 5.37. The van der Waals surface area contributed by atoms with E-state index in [2.05, 4.69) is 0 Å². The molecule has 3 atom stereocenters. The molecule has 0 heterocycles. The van der Waals surface area contributed by atoms with Crippen LogP contribution in [0.15, 0.2) is 11.7 Å². The van der Waals surface area contributed by atoms with E-state index in [1.165, 1.54) is 0 Å². The average Bonchev–Trinajstić information content (AvgIpc) is 2.00. The predicted octanol–water partition coefficient (Wildman–Crippen LogP) is 3.19. The molecule has 0 radical (unpaired) electrons. The summed E-state index contributed by atoms with van der Waals surface area (Å²) >= 11 is 0. The molecule has 12 heavy (non-hydrogen) atoms. The van der Waals surface area contributed by atoms with Gasteiger partial charge in [-0.2, -0.15) is 0 Å². The molecule has 0 aromatic carbocycles. The number of alkyl halides is 3. The maximum Gasteiger partial charge on any atom is 0.188 e. The molecule has 0 aliphatic heterocycles. The van der Waals surface area contributed by atoms with Crippen LogP contribution in [0.1, 0.15) is 13.8 Å². The maximum absolute atomic E-state index is 12.4. The average molecular weight is 188 g/mol. The van der Waals surface area contributed by atoms with Gasteiger partial charge >= 0.3 is 0 Å². The standard InChI is InChI=1S/C7H9F5/c1-3(8)5(10)7(12)6(11)4(2)9/h3,5,7H,1-2H3/b6-4-. The summed E-state index contributed by atoms with van der Waals surface area (Å²) in [6.45, 7) is 1.37. The molecule has 5 heteroatoms. The second kappa shape index (κ2) is 4.42. The summed E-state index contributed by atoms with van der Waals surface area (Å²) in [6.07, 6.45) is -7.67. The molecule has 0 fully saturated rings. The highest BCUT2D eigenvalue weighted by molar-refractivity contribution is 5.05. The van der Waals surface area contributed by atoms with Crippen LogP contribution in [0.25, 0.3) is 0 Å².